The number of pyridine rings is 1. The first-order valence-electron chi connectivity index (χ1n) is 11.4. The van der Waals surface area contributed by atoms with Crippen LogP contribution in [0.3, 0.4) is 0 Å². The fourth-order valence-electron chi connectivity index (χ4n) is 3.76. The highest BCUT2D eigenvalue weighted by Crippen LogP contribution is 2.34. The SMILES string of the molecule is CCS(=O)(=O)c1ccc(-n2ncn(-c3ccc(C#N)cc3)c2=O)nc1-c1nc2cc(S(=O)(=O)C(F)(F)F)ccc2o1. The number of nitrogens with zero attached hydrogens (tertiary/aromatic N) is 6. The van der Waals surface area contributed by atoms with Crippen molar-refractivity contribution in [2.24, 2.45) is 0 Å². The van der Waals surface area contributed by atoms with Gasteiger partial charge in [-0.05, 0) is 54.6 Å². The number of hydrogen-bond donors (Lipinski definition) is 0. The summed E-state index contributed by atoms with van der Waals surface area (Å²) in [5.41, 5.74) is -6.32. The van der Waals surface area contributed by atoms with Crippen LogP contribution in [-0.2, 0) is 19.7 Å². The van der Waals surface area contributed by atoms with E-state index in [0.717, 1.165) is 21.4 Å². The Morgan fingerprint density at radius 2 is 1.71 bits per heavy atom. The van der Waals surface area contributed by atoms with Crippen molar-refractivity contribution in [2.45, 2.75) is 22.2 Å². The Balaban J connectivity index is 1.66. The smallest absolute Gasteiger partial charge is 0.435 e. The van der Waals surface area contributed by atoms with Crippen molar-refractivity contribution in [1.82, 2.24) is 24.3 Å². The van der Waals surface area contributed by atoms with Crippen LogP contribution < -0.4 is 5.69 Å². The summed E-state index contributed by atoms with van der Waals surface area (Å²) < 4.78 is 96.0. The van der Waals surface area contributed by atoms with Crippen LogP contribution in [0.1, 0.15) is 12.5 Å². The van der Waals surface area contributed by atoms with Crippen molar-refractivity contribution < 1.29 is 34.4 Å². The van der Waals surface area contributed by atoms with E-state index in [4.69, 9.17) is 9.68 Å². The molecule has 0 aliphatic heterocycles. The second-order valence-electron chi connectivity index (χ2n) is 8.37. The first-order valence-corrected chi connectivity index (χ1v) is 14.5. The summed E-state index contributed by atoms with van der Waals surface area (Å²) in [5.74, 6) is -0.951. The molecular formula is C24H15F3N6O6S2. The molecule has 210 valence electrons. The number of sulfone groups is 2. The third-order valence-corrected chi connectivity index (χ3v) is 9.14. The van der Waals surface area contributed by atoms with Gasteiger partial charge in [-0.1, -0.05) is 6.92 Å². The zero-order valence-electron chi connectivity index (χ0n) is 20.6. The van der Waals surface area contributed by atoms with Gasteiger partial charge < -0.3 is 4.42 Å². The van der Waals surface area contributed by atoms with Gasteiger partial charge in [-0.2, -0.15) is 28.2 Å². The van der Waals surface area contributed by atoms with Gasteiger partial charge in [0.25, 0.3) is 9.84 Å². The summed E-state index contributed by atoms with van der Waals surface area (Å²) >= 11 is 0. The van der Waals surface area contributed by atoms with E-state index in [-0.39, 0.29) is 33.3 Å². The lowest BCUT2D eigenvalue weighted by Crippen LogP contribution is -2.23. The van der Waals surface area contributed by atoms with E-state index in [2.05, 4.69) is 15.1 Å². The standard InChI is InChI=1S/C24H15F3N6O6S2/c1-2-40(35,36)19-9-10-20(33-23(34)32(13-29-33)15-5-3-14(12-28)4-6-15)31-21(19)22-30-17-11-16(7-8-18(17)39-22)41(37,38)24(25,26)27/h3-11,13H,2H2,1H3. The number of hydrogen-bond acceptors (Lipinski definition) is 10. The Bertz CT molecular complexity index is 2140. The molecule has 12 nitrogen and oxygen atoms in total. The van der Waals surface area contributed by atoms with Gasteiger partial charge in [0.1, 0.15) is 17.5 Å². The average Bonchev–Trinajstić information content (AvgIpc) is 3.55. The van der Waals surface area contributed by atoms with E-state index in [1.165, 1.54) is 43.6 Å². The molecule has 0 spiro atoms. The van der Waals surface area contributed by atoms with Crippen LogP contribution >= 0.6 is 0 Å². The van der Waals surface area contributed by atoms with Crippen LogP contribution in [-0.4, -0.2) is 52.4 Å². The third-order valence-electron chi connectivity index (χ3n) is 5.90. The number of benzene rings is 2. The largest absolute Gasteiger partial charge is 0.501 e. The molecule has 0 amide bonds. The molecule has 3 heterocycles. The number of nitriles is 1. The van der Waals surface area contributed by atoms with Gasteiger partial charge in [0.05, 0.1) is 32.9 Å². The van der Waals surface area contributed by atoms with Crippen molar-refractivity contribution in [3.05, 3.63) is 77.0 Å². The summed E-state index contributed by atoms with van der Waals surface area (Å²) in [6.45, 7) is 1.37. The molecule has 17 heteroatoms. The lowest BCUT2D eigenvalue weighted by molar-refractivity contribution is -0.0436. The van der Waals surface area contributed by atoms with Crippen molar-refractivity contribution >= 4 is 30.8 Å². The highest BCUT2D eigenvalue weighted by Gasteiger charge is 2.47. The van der Waals surface area contributed by atoms with Crippen molar-refractivity contribution in [1.29, 1.82) is 5.26 Å². The summed E-state index contributed by atoms with van der Waals surface area (Å²) in [6.07, 6.45) is 1.18. The lowest BCUT2D eigenvalue weighted by atomic mass is 10.2. The van der Waals surface area contributed by atoms with E-state index in [1.54, 1.807) is 0 Å². The maximum absolute atomic E-state index is 13.1. The molecule has 0 aliphatic rings. The molecular weight excluding hydrogens is 589 g/mol. The number of alkyl halides is 3. The molecule has 41 heavy (non-hydrogen) atoms. The maximum Gasteiger partial charge on any atom is 0.501 e. The van der Waals surface area contributed by atoms with Gasteiger partial charge in [-0.3, -0.25) is 0 Å². The van der Waals surface area contributed by atoms with E-state index in [0.29, 0.717) is 23.4 Å². The van der Waals surface area contributed by atoms with E-state index in [1.807, 2.05) is 6.07 Å². The summed E-state index contributed by atoms with van der Waals surface area (Å²) in [4.78, 5) is 19.9. The minimum atomic E-state index is -5.69. The molecule has 0 fully saturated rings. The third kappa shape index (κ3) is 4.76. The summed E-state index contributed by atoms with van der Waals surface area (Å²) in [6, 6.07) is 12.7. The molecule has 5 aromatic rings. The molecule has 2 aromatic carbocycles. The molecule has 3 aromatic heterocycles. The molecule has 0 saturated carbocycles. The molecule has 0 radical (unpaired) electrons. The van der Waals surface area contributed by atoms with E-state index >= 15 is 0 Å². The monoisotopic (exact) mass is 604 g/mol. The van der Waals surface area contributed by atoms with Crippen molar-refractivity contribution in [2.75, 3.05) is 5.75 Å². The van der Waals surface area contributed by atoms with E-state index < -0.39 is 41.7 Å². The van der Waals surface area contributed by atoms with Crippen LogP contribution in [0.15, 0.2) is 79.9 Å². The molecule has 0 N–H and O–H groups in total. The van der Waals surface area contributed by atoms with Gasteiger partial charge in [0, 0.05) is 0 Å². The molecule has 0 saturated heterocycles. The predicted molar refractivity (Wildman–Crippen MR) is 136 cm³/mol. The van der Waals surface area contributed by atoms with E-state index in [9.17, 15) is 34.8 Å². The number of aromatic nitrogens is 5. The van der Waals surface area contributed by atoms with Gasteiger partial charge in [-0.25, -0.2) is 36.2 Å². The van der Waals surface area contributed by atoms with Crippen LogP contribution in [0.2, 0.25) is 0 Å². The number of fused-ring (bicyclic) bond motifs is 1. The zero-order chi connectivity index (χ0) is 29.7. The zero-order valence-corrected chi connectivity index (χ0v) is 22.2. The second kappa shape index (κ2) is 9.67. The second-order valence-corrected chi connectivity index (χ2v) is 12.6. The fourth-order valence-corrected chi connectivity index (χ4v) is 5.55. The van der Waals surface area contributed by atoms with Gasteiger partial charge in [0.2, 0.25) is 5.89 Å². The quantitative estimate of drug-likeness (QED) is 0.280. The summed E-state index contributed by atoms with van der Waals surface area (Å²) in [7, 11) is -9.65. The Kier molecular flexibility index (Phi) is 6.54. The summed E-state index contributed by atoms with van der Waals surface area (Å²) in [5, 5.41) is 13.0. The van der Waals surface area contributed by atoms with Crippen LogP contribution in [0.5, 0.6) is 0 Å². The molecule has 0 aliphatic carbocycles. The average molecular weight is 605 g/mol. The Labute approximate surface area is 228 Å². The number of rotatable bonds is 6. The van der Waals surface area contributed by atoms with Gasteiger partial charge >= 0.3 is 11.2 Å². The Morgan fingerprint density at radius 1 is 1.00 bits per heavy atom. The highest BCUT2D eigenvalue weighted by molar-refractivity contribution is 7.92. The predicted octanol–water partition coefficient (Wildman–Crippen LogP) is 3.19. The fraction of sp³-hybridized carbons (Fsp3) is 0.125. The van der Waals surface area contributed by atoms with Crippen LogP contribution in [0.25, 0.3) is 34.2 Å². The maximum atomic E-state index is 13.1. The Hall–Kier alpha value is -4.82. The molecule has 0 unspecified atom stereocenters. The number of halogens is 3. The van der Waals surface area contributed by atoms with Crippen molar-refractivity contribution in [3.63, 3.8) is 0 Å². The minimum absolute atomic E-state index is 0.143. The molecule has 5 rings (SSSR count). The van der Waals surface area contributed by atoms with Crippen LogP contribution in [0, 0.1) is 11.3 Å². The first kappa shape index (κ1) is 27.7. The van der Waals surface area contributed by atoms with Gasteiger partial charge in [0.15, 0.2) is 21.2 Å². The minimum Gasteiger partial charge on any atom is -0.435 e. The lowest BCUT2D eigenvalue weighted by Gasteiger charge is -2.08. The topological polar surface area (TPSA) is 171 Å². The van der Waals surface area contributed by atoms with Crippen LogP contribution in [0.4, 0.5) is 13.2 Å². The Morgan fingerprint density at radius 3 is 2.34 bits per heavy atom. The van der Waals surface area contributed by atoms with Crippen molar-refractivity contribution in [3.8, 4) is 29.2 Å². The normalized spacial score (nSPS) is 12.5. The van der Waals surface area contributed by atoms with Gasteiger partial charge in [-0.15, -0.1) is 0 Å². The highest BCUT2D eigenvalue weighted by atomic mass is 32.2. The number of oxazole rings is 1. The molecule has 0 atom stereocenters. The molecule has 0 bridgehead atoms. The first-order chi connectivity index (χ1) is 19.3.